The molecule has 1 saturated heterocycles. The molecule has 0 bridgehead atoms. The van der Waals surface area contributed by atoms with E-state index >= 15 is 0 Å². The highest BCUT2D eigenvalue weighted by atomic mass is 35.5. The second-order valence-electron chi connectivity index (χ2n) is 3.40. The van der Waals surface area contributed by atoms with Crippen molar-refractivity contribution in [2.24, 2.45) is 0 Å². The number of thioether (sulfide) groups is 1. The van der Waals surface area contributed by atoms with Crippen LogP contribution in [0.15, 0.2) is 0 Å². The van der Waals surface area contributed by atoms with Gasteiger partial charge in [-0.2, -0.15) is 11.8 Å². The first-order valence-corrected chi connectivity index (χ1v) is 6.33. The van der Waals surface area contributed by atoms with Crippen LogP contribution in [0.5, 0.6) is 0 Å². The van der Waals surface area contributed by atoms with Crippen LogP contribution in [-0.2, 0) is 4.79 Å². The zero-order valence-electron chi connectivity index (χ0n) is 8.12. The first-order chi connectivity index (χ1) is 6.15. The number of rotatable bonds is 2. The molecule has 0 spiro atoms. The molecule has 1 amide bonds. The van der Waals surface area contributed by atoms with E-state index in [0.717, 1.165) is 19.5 Å². The molecule has 0 aliphatic carbocycles. The summed E-state index contributed by atoms with van der Waals surface area (Å²) in [4.78, 5) is 13.4. The molecule has 0 N–H and O–H groups in total. The summed E-state index contributed by atoms with van der Waals surface area (Å²) in [7, 11) is 0. The molecule has 0 radical (unpaired) electrons. The van der Waals surface area contributed by atoms with Crippen LogP contribution in [0.4, 0.5) is 0 Å². The minimum absolute atomic E-state index is 0.0837. The van der Waals surface area contributed by atoms with Gasteiger partial charge in [-0.3, -0.25) is 4.79 Å². The Morgan fingerprint density at radius 2 is 2.38 bits per heavy atom. The van der Waals surface area contributed by atoms with Gasteiger partial charge in [-0.1, -0.05) is 0 Å². The number of alkyl halides is 1. The monoisotopic (exact) mass is 221 g/mol. The van der Waals surface area contributed by atoms with Gasteiger partial charge in [-0.05, 0) is 26.0 Å². The average Bonchev–Trinajstić information content (AvgIpc) is 2.16. The first-order valence-electron chi connectivity index (χ1n) is 4.60. The van der Waals surface area contributed by atoms with Crippen molar-refractivity contribution in [2.75, 3.05) is 19.3 Å². The molecular weight excluding hydrogens is 206 g/mol. The largest absolute Gasteiger partial charge is 0.340 e. The van der Waals surface area contributed by atoms with E-state index < -0.39 is 0 Å². The highest BCUT2D eigenvalue weighted by molar-refractivity contribution is 7.99. The van der Waals surface area contributed by atoms with Crippen molar-refractivity contribution >= 4 is 29.3 Å². The fourth-order valence-corrected chi connectivity index (χ4v) is 2.45. The minimum Gasteiger partial charge on any atom is -0.340 e. The molecule has 0 saturated carbocycles. The summed E-state index contributed by atoms with van der Waals surface area (Å²) in [5.41, 5.74) is 0. The van der Waals surface area contributed by atoms with E-state index in [9.17, 15) is 4.79 Å². The van der Waals surface area contributed by atoms with E-state index in [1.54, 1.807) is 6.92 Å². The maximum atomic E-state index is 11.5. The average molecular weight is 222 g/mol. The van der Waals surface area contributed by atoms with Crippen molar-refractivity contribution in [3.8, 4) is 0 Å². The summed E-state index contributed by atoms with van der Waals surface area (Å²) < 4.78 is 0. The maximum Gasteiger partial charge on any atom is 0.240 e. The van der Waals surface area contributed by atoms with Gasteiger partial charge < -0.3 is 4.90 Å². The van der Waals surface area contributed by atoms with Crippen molar-refractivity contribution in [2.45, 2.75) is 30.4 Å². The number of hydrogen-bond acceptors (Lipinski definition) is 2. The number of halogens is 1. The number of carbonyl (C=O) groups excluding carboxylic acids is 1. The van der Waals surface area contributed by atoms with Gasteiger partial charge in [0.05, 0.1) is 0 Å². The number of piperidine rings is 1. The Kier molecular flexibility index (Phi) is 4.39. The van der Waals surface area contributed by atoms with Crippen LogP contribution < -0.4 is 0 Å². The van der Waals surface area contributed by atoms with Gasteiger partial charge in [0.15, 0.2) is 0 Å². The normalized spacial score (nSPS) is 25.8. The fraction of sp³-hybridized carbons (Fsp3) is 0.889. The maximum absolute atomic E-state index is 11.5. The third-order valence-electron chi connectivity index (χ3n) is 2.36. The summed E-state index contributed by atoms with van der Waals surface area (Å²) in [5, 5.41) is 0.230. The SMILES string of the molecule is CSC1CCCN(C(=O)C(C)Cl)C1. The van der Waals surface area contributed by atoms with E-state index in [0.29, 0.717) is 5.25 Å². The molecule has 4 heteroatoms. The molecule has 2 unspecified atom stereocenters. The second-order valence-corrected chi connectivity index (χ2v) is 5.19. The van der Waals surface area contributed by atoms with E-state index in [1.807, 2.05) is 16.7 Å². The quantitative estimate of drug-likeness (QED) is 0.665. The lowest BCUT2D eigenvalue weighted by molar-refractivity contribution is -0.131. The lowest BCUT2D eigenvalue weighted by Crippen LogP contribution is -2.43. The molecule has 13 heavy (non-hydrogen) atoms. The summed E-state index contributed by atoms with van der Waals surface area (Å²) in [6, 6.07) is 0. The van der Waals surface area contributed by atoms with Gasteiger partial charge in [0.25, 0.3) is 0 Å². The van der Waals surface area contributed by atoms with Crippen molar-refractivity contribution in [1.82, 2.24) is 4.90 Å². The molecule has 0 aromatic carbocycles. The van der Waals surface area contributed by atoms with Crippen LogP contribution in [0.1, 0.15) is 19.8 Å². The molecule has 1 aliphatic rings. The van der Waals surface area contributed by atoms with Crippen LogP contribution in [0.2, 0.25) is 0 Å². The molecule has 1 heterocycles. The van der Waals surface area contributed by atoms with Crippen molar-refractivity contribution in [1.29, 1.82) is 0 Å². The van der Waals surface area contributed by atoms with Crippen molar-refractivity contribution < 1.29 is 4.79 Å². The summed E-state index contributed by atoms with van der Waals surface area (Å²) in [6.45, 7) is 3.50. The third-order valence-corrected chi connectivity index (χ3v) is 3.60. The predicted molar refractivity (Wildman–Crippen MR) is 58.4 cm³/mol. The Hall–Kier alpha value is 0.110. The van der Waals surface area contributed by atoms with Gasteiger partial charge in [0.1, 0.15) is 5.38 Å². The van der Waals surface area contributed by atoms with Gasteiger partial charge in [0.2, 0.25) is 5.91 Å². The summed E-state index contributed by atoms with van der Waals surface area (Å²) >= 11 is 7.60. The van der Waals surface area contributed by atoms with E-state index in [1.165, 1.54) is 6.42 Å². The molecule has 1 aliphatic heterocycles. The Morgan fingerprint density at radius 1 is 1.69 bits per heavy atom. The van der Waals surface area contributed by atoms with Crippen LogP contribution in [0.3, 0.4) is 0 Å². The molecule has 0 aromatic heterocycles. The van der Waals surface area contributed by atoms with E-state index in [4.69, 9.17) is 11.6 Å². The zero-order valence-corrected chi connectivity index (χ0v) is 9.70. The molecule has 0 aromatic rings. The lowest BCUT2D eigenvalue weighted by Gasteiger charge is -2.32. The minimum atomic E-state index is -0.374. The lowest BCUT2D eigenvalue weighted by atomic mass is 10.1. The Balaban J connectivity index is 2.46. The molecule has 1 rings (SSSR count). The van der Waals surface area contributed by atoms with Gasteiger partial charge in [0, 0.05) is 18.3 Å². The number of carbonyl (C=O) groups is 1. The molecule has 2 atom stereocenters. The van der Waals surface area contributed by atoms with Gasteiger partial charge in [-0.25, -0.2) is 0 Å². The number of likely N-dealkylation sites (tertiary alicyclic amines) is 1. The molecule has 2 nitrogen and oxygen atoms in total. The zero-order chi connectivity index (χ0) is 9.84. The van der Waals surface area contributed by atoms with Gasteiger partial charge in [-0.15, -0.1) is 11.6 Å². The number of hydrogen-bond donors (Lipinski definition) is 0. The number of nitrogens with zero attached hydrogens (tertiary/aromatic N) is 1. The van der Waals surface area contributed by atoms with Crippen molar-refractivity contribution in [3.05, 3.63) is 0 Å². The topological polar surface area (TPSA) is 20.3 Å². The molecule has 1 fully saturated rings. The van der Waals surface area contributed by atoms with Crippen LogP contribution in [0, 0.1) is 0 Å². The van der Waals surface area contributed by atoms with E-state index in [-0.39, 0.29) is 11.3 Å². The van der Waals surface area contributed by atoms with Crippen LogP contribution in [0.25, 0.3) is 0 Å². The third kappa shape index (κ3) is 3.06. The molecular formula is C9H16ClNOS. The van der Waals surface area contributed by atoms with Crippen LogP contribution >= 0.6 is 23.4 Å². The van der Waals surface area contributed by atoms with Crippen molar-refractivity contribution in [3.63, 3.8) is 0 Å². The highest BCUT2D eigenvalue weighted by Crippen LogP contribution is 2.21. The van der Waals surface area contributed by atoms with Gasteiger partial charge >= 0.3 is 0 Å². The fourth-order valence-electron chi connectivity index (χ4n) is 1.58. The smallest absolute Gasteiger partial charge is 0.240 e. The second kappa shape index (κ2) is 5.11. The van der Waals surface area contributed by atoms with Crippen LogP contribution in [-0.4, -0.2) is 40.8 Å². The van der Waals surface area contributed by atoms with E-state index in [2.05, 4.69) is 6.26 Å². The summed E-state index contributed by atoms with van der Waals surface area (Å²) in [5.74, 6) is 0.0837. The number of amides is 1. The molecule has 76 valence electrons. The summed E-state index contributed by atoms with van der Waals surface area (Å²) in [6.07, 6.45) is 4.44. The first kappa shape index (κ1) is 11.2. The standard InChI is InChI=1S/C9H16ClNOS/c1-7(10)9(12)11-5-3-4-8(6-11)13-2/h7-8H,3-6H2,1-2H3. The Labute approximate surface area is 89.0 Å². The Bertz CT molecular complexity index is 186. The Morgan fingerprint density at radius 3 is 2.92 bits per heavy atom. The highest BCUT2D eigenvalue weighted by Gasteiger charge is 2.24. The predicted octanol–water partition coefficient (Wildman–Crippen LogP) is 1.97.